The molecule has 0 saturated carbocycles. The molecule has 0 aliphatic carbocycles. The van der Waals surface area contributed by atoms with Crippen molar-refractivity contribution in [2.24, 2.45) is 0 Å². The zero-order chi connectivity index (χ0) is 13.3. The molecule has 0 bridgehead atoms. The number of nitrogens with two attached hydrogens (primary N) is 1. The van der Waals surface area contributed by atoms with Gasteiger partial charge in [-0.25, -0.2) is 9.97 Å². The molecule has 0 spiro atoms. The molecule has 1 aliphatic heterocycles. The lowest BCUT2D eigenvalue weighted by Crippen LogP contribution is -2.52. The number of nitrogens with one attached hydrogen (secondary N) is 1. The summed E-state index contributed by atoms with van der Waals surface area (Å²) in [4.78, 5) is 40.9. The lowest BCUT2D eigenvalue weighted by atomic mass is 10.3. The van der Waals surface area contributed by atoms with Crippen molar-refractivity contribution in [2.45, 2.75) is 0 Å². The second kappa shape index (κ2) is 4.24. The third-order valence-electron chi connectivity index (χ3n) is 2.26. The van der Waals surface area contributed by atoms with Crippen LogP contribution in [0, 0.1) is 10.1 Å². The van der Waals surface area contributed by atoms with E-state index in [0.717, 1.165) is 6.33 Å². The van der Waals surface area contributed by atoms with Crippen molar-refractivity contribution < 1.29 is 14.5 Å². The fraction of sp³-hybridized carbons (Fsp3) is 0.250. The first-order valence-electron chi connectivity index (χ1n) is 4.81. The largest absolute Gasteiger partial charge is 0.378 e. The van der Waals surface area contributed by atoms with E-state index in [1.165, 1.54) is 4.90 Å². The molecule has 18 heavy (non-hydrogen) atoms. The maximum atomic E-state index is 11.2. The van der Waals surface area contributed by atoms with Crippen LogP contribution >= 0.6 is 0 Å². The number of imide groups is 1. The Bertz CT molecular complexity index is 528. The van der Waals surface area contributed by atoms with Crippen LogP contribution in [0.1, 0.15) is 0 Å². The van der Waals surface area contributed by atoms with Gasteiger partial charge in [-0.3, -0.25) is 25.0 Å². The molecule has 2 rings (SSSR count). The smallest absolute Gasteiger partial charge is 0.353 e. The van der Waals surface area contributed by atoms with Crippen LogP contribution in [0.5, 0.6) is 0 Å². The molecule has 1 aliphatic rings. The number of carbonyl (C=O) groups excluding carboxylic acids is 2. The number of rotatable bonds is 2. The van der Waals surface area contributed by atoms with E-state index in [2.05, 4.69) is 15.3 Å². The maximum Gasteiger partial charge on any atom is 0.353 e. The van der Waals surface area contributed by atoms with Crippen LogP contribution in [0.2, 0.25) is 0 Å². The fourth-order valence-corrected chi connectivity index (χ4v) is 1.58. The Morgan fingerprint density at radius 3 is 2.50 bits per heavy atom. The highest BCUT2D eigenvalue weighted by atomic mass is 16.6. The summed E-state index contributed by atoms with van der Waals surface area (Å²) in [5, 5.41) is 13.0. The van der Waals surface area contributed by atoms with E-state index in [1.807, 2.05) is 0 Å². The molecule has 0 aromatic carbocycles. The number of anilines is 2. The molecule has 0 atom stereocenters. The van der Waals surface area contributed by atoms with Gasteiger partial charge in [-0.2, -0.15) is 0 Å². The summed E-state index contributed by atoms with van der Waals surface area (Å²) < 4.78 is 0. The monoisotopic (exact) mass is 252 g/mol. The van der Waals surface area contributed by atoms with Gasteiger partial charge in [0.2, 0.25) is 23.5 Å². The van der Waals surface area contributed by atoms with Crippen molar-refractivity contribution in [1.29, 1.82) is 0 Å². The quantitative estimate of drug-likeness (QED) is 0.365. The summed E-state index contributed by atoms with van der Waals surface area (Å²) in [6.07, 6.45) is 1.04. The van der Waals surface area contributed by atoms with Gasteiger partial charge in [0, 0.05) is 0 Å². The van der Waals surface area contributed by atoms with Gasteiger partial charge in [-0.15, -0.1) is 0 Å². The van der Waals surface area contributed by atoms with Crippen LogP contribution in [0.25, 0.3) is 0 Å². The summed E-state index contributed by atoms with van der Waals surface area (Å²) in [6, 6.07) is 0. The fourth-order valence-electron chi connectivity index (χ4n) is 1.58. The Kier molecular flexibility index (Phi) is 2.75. The number of nitrogens with zero attached hydrogens (tertiary/aromatic N) is 4. The van der Waals surface area contributed by atoms with Gasteiger partial charge in [0.25, 0.3) is 0 Å². The highest BCUT2D eigenvalue weighted by Crippen LogP contribution is 2.29. The Morgan fingerprint density at radius 1 is 1.33 bits per heavy atom. The molecule has 1 saturated heterocycles. The molecule has 2 heterocycles. The summed E-state index contributed by atoms with van der Waals surface area (Å²) in [6.45, 7) is -0.411. The predicted molar refractivity (Wildman–Crippen MR) is 58.5 cm³/mol. The minimum absolute atomic E-state index is 0.143. The van der Waals surface area contributed by atoms with Crippen molar-refractivity contribution in [1.82, 2.24) is 15.3 Å². The van der Waals surface area contributed by atoms with Gasteiger partial charge >= 0.3 is 5.69 Å². The number of nitro groups is 1. The van der Waals surface area contributed by atoms with Crippen LogP contribution in [0.4, 0.5) is 17.3 Å². The van der Waals surface area contributed by atoms with E-state index < -0.39 is 22.4 Å². The van der Waals surface area contributed by atoms with Crippen molar-refractivity contribution >= 4 is 29.1 Å². The number of piperazine rings is 1. The van der Waals surface area contributed by atoms with Gasteiger partial charge < -0.3 is 10.6 Å². The van der Waals surface area contributed by atoms with Gasteiger partial charge in [0.1, 0.15) is 6.33 Å². The Hall–Kier alpha value is -2.78. The van der Waals surface area contributed by atoms with Crippen molar-refractivity contribution in [3.05, 3.63) is 16.4 Å². The van der Waals surface area contributed by atoms with E-state index in [-0.39, 0.29) is 24.7 Å². The molecule has 0 unspecified atom stereocenters. The first-order chi connectivity index (χ1) is 8.49. The van der Waals surface area contributed by atoms with Crippen molar-refractivity contribution in [3.63, 3.8) is 0 Å². The number of nitrogen functional groups attached to an aromatic ring is 1. The summed E-state index contributed by atoms with van der Waals surface area (Å²) in [5.41, 5.74) is 4.88. The molecule has 2 amide bonds. The predicted octanol–water partition coefficient (Wildman–Crippen LogP) is -1.57. The van der Waals surface area contributed by atoms with Crippen LogP contribution in [-0.2, 0) is 9.59 Å². The Labute approximate surface area is 100.0 Å². The van der Waals surface area contributed by atoms with E-state index in [4.69, 9.17) is 5.73 Å². The molecule has 10 heteroatoms. The minimum atomic E-state index is -0.748. The molecule has 94 valence electrons. The number of aromatic nitrogens is 2. The van der Waals surface area contributed by atoms with E-state index >= 15 is 0 Å². The van der Waals surface area contributed by atoms with Gasteiger partial charge in [0.15, 0.2) is 0 Å². The molecule has 10 nitrogen and oxygen atoms in total. The zero-order valence-electron chi connectivity index (χ0n) is 8.99. The highest BCUT2D eigenvalue weighted by Gasteiger charge is 2.31. The normalized spacial score (nSPS) is 15.4. The lowest BCUT2D eigenvalue weighted by Gasteiger charge is -2.25. The van der Waals surface area contributed by atoms with Gasteiger partial charge in [-0.05, 0) is 0 Å². The first kappa shape index (κ1) is 11.7. The topological polar surface area (TPSA) is 144 Å². The number of hydrogen-bond donors (Lipinski definition) is 2. The number of amides is 2. The van der Waals surface area contributed by atoms with Crippen LogP contribution < -0.4 is 16.0 Å². The number of hydrogen-bond acceptors (Lipinski definition) is 8. The Morgan fingerprint density at radius 2 is 1.94 bits per heavy atom. The number of carbonyl (C=O) groups is 2. The van der Waals surface area contributed by atoms with Crippen molar-refractivity contribution in [3.8, 4) is 0 Å². The van der Waals surface area contributed by atoms with Crippen LogP contribution in [0.3, 0.4) is 0 Å². The molecule has 1 aromatic heterocycles. The van der Waals surface area contributed by atoms with Crippen LogP contribution in [-0.4, -0.2) is 39.8 Å². The molecule has 1 aromatic rings. The molecular weight excluding hydrogens is 244 g/mol. The summed E-state index contributed by atoms with van der Waals surface area (Å²) >= 11 is 0. The van der Waals surface area contributed by atoms with Gasteiger partial charge in [-0.1, -0.05) is 0 Å². The second-order valence-electron chi connectivity index (χ2n) is 3.52. The zero-order valence-corrected chi connectivity index (χ0v) is 8.99. The standard InChI is InChI=1S/C8H8N6O4/c9-7-6(14(17)18)8(11-3-10-7)13-1-4(15)12-5(16)2-13/h3H,1-2H2,(H2,9,10,11)(H,12,15,16). The maximum absolute atomic E-state index is 11.2. The van der Waals surface area contributed by atoms with Crippen LogP contribution in [0.15, 0.2) is 6.33 Å². The third-order valence-corrected chi connectivity index (χ3v) is 2.26. The SMILES string of the molecule is Nc1ncnc(N2CC(=O)NC(=O)C2)c1[N+](=O)[O-]. The molecule has 0 radical (unpaired) electrons. The average molecular weight is 252 g/mol. The third kappa shape index (κ3) is 2.03. The van der Waals surface area contributed by atoms with E-state index in [1.54, 1.807) is 0 Å². The Balaban J connectivity index is 2.44. The van der Waals surface area contributed by atoms with Gasteiger partial charge in [0.05, 0.1) is 18.0 Å². The highest BCUT2D eigenvalue weighted by molar-refractivity contribution is 6.03. The van der Waals surface area contributed by atoms with E-state index in [0.29, 0.717) is 0 Å². The average Bonchev–Trinajstić information content (AvgIpc) is 2.26. The summed E-state index contributed by atoms with van der Waals surface area (Å²) in [5.74, 6) is -1.57. The molecule has 3 N–H and O–H groups in total. The minimum Gasteiger partial charge on any atom is -0.378 e. The molecular formula is C8H8N6O4. The van der Waals surface area contributed by atoms with E-state index in [9.17, 15) is 19.7 Å². The summed E-state index contributed by atoms with van der Waals surface area (Å²) in [7, 11) is 0. The van der Waals surface area contributed by atoms with Crippen molar-refractivity contribution in [2.75, 3.05) is 23.7 Å². The first-order valence-corrected chi connectivity index (χ1v) is 4.81. The lowest BCUT2D eigenvalue weighted by molar-refractivity contribution is -0.383. The second-order valence-corrected chi connectivity index (χ2v) is 3.52. The molecule has 1 fully saturated rings.